The summed E-state index contributed by atoms with van der Waals surface area (Å²) in [5.74, 6) is -0.324. The number of rotatable bonds is 6. The van der Waals surface area contributed by atoms with E-state index in [4.69, 9.17) is 9.15 Å². The fourth-order valence-corrected chi connectivity index (χ4v) is 3.05. The van der Waals surface area contributed by atoms with Gasteiger partial charge in [-0.2, -0.15) is 0 Å². The topological polar surface area (TPSA) is 39.4 Å². The molecule has 3 rings (SSSR count). The third kappa shape index (κ3) is 3.21. The zero-order valence-corrected chi connectivity index (χ0v) is 14.2. The number of ether oxygens (including phenoxy) is 1. The maximum absolute atomic E-state index is 11.8. The minimum Gasteiger partial charge on any atom is -0.466 e. The number of para-hydroxylation sites is 2. The van der Waals surface area contributed by atoms with E-state index in [0.29, 0.717) is 0 Å². The SMILES string of the molecule is CCCCC/C(=C\C(=O)OC)c1cccc2c1oc1ccccc12. The number of hydrogen-bond donors (Lipinski definition) is 0. The van der Waals surface area contributed by atoms with Crippen LogP contribution in [0.25, 0.3) is 27.5 Å². The predicted molar refractivity (Wildman–Crippen MR) is 97.9 cm³/mol. The van der Waals surface area contributed by atoms with Crippen molar-refractivity contribution in [3.63, 3.8) is 0 Å². The van der Waals surface area contributed by atoms with E-state index in [-0.39, 0.29) is 5.97 Å². The van der Waals surface area contributed by atoms with Gasteiger partial charge in [0.05, 0.1) is 7.11 Å². The number of hydrogen-bond acceptors (Lipinski definition) is 3. The molecular formula is C21H22O3. The number of esters is 1. The second-order valence-corrected chi connectivity index (χ2v) is 5.93. The normalized spacial score (nSPS) is 12.0. The molecule has 1 heterocycles. The Hall–Kier alpha value is -2.55. The van der Waals surface area contributed by atoms with Gasteiger partial charge in [0.2, 0.25) is 0 Å². The standard InChI is InChI=1S/C21H22O3/c1-3-4-5-9-15(14-20(22)23-2)16-11-8-12-18-17-10-6-7-13-19(17)24-21(16)18/h6-8,10-14H,3-5,9H2,1-2H3/b15-14+. The van der Waals surface area contributed by atoms with Crippen molar-refractivity contribution in [1.29, 1.82) is 0 Å². The first-order valence-electron chi connectivity index (χ1n) is 8.43. The number of carbonyl (C=O) groups is 1. The van der Waals surface area contributed by atoms with Crippen LogP contribution in [0.5, 0.6) is 0 Å². The second kappa shape index (κ2) is 7.35. The van der Waals surface area contributed by atoms with Crippen LogP contribution in [0, 0.1) is 0 Å². The largest absolute Gasteiger partial charge is 0.466 e. The monoisotopic (exact) mass is 322 g/mol. The molecule has 0 unspecified atom stereocenters. The summed E-state index contributed by atoms with van der Waals surface area (Å²) in [4.78, 5) is 11.8. The number of allylic oxidation sites excluding steroid dienone is 1. The summed E-state index contributed by atoms with van der Waals surface area (Å²) in [6.45, 7) is 2.17. The van der Waals surface area contributed by atoms with Crippen LogP contribution in [0.1, 0.15) is 38.2 Å². The zero-order chi connectivity index (χ0) is 16.9. The zero-order valence-electron chi connectivity index (χ0n) is 14.2. The van der Waals surface area contributed by atoms with Gasteiger partial charge in [0, 0.05) is 22.4 Å². The summed E-state index contributed by atoms with van der Waals surface area (Å²) < 4.78 is 10.9. The molecule has 2 aromatic carbocycles. The highest BCUT2D eigenvalue weighted by molar-refractivity contribution is 6.09. The van der Waals surface area contributed by atoms with Crippen molar-refractivity contribution < 1.29 is 13.9 Å². The Kier molecular flexibility index (Phi) is 4.99. The fourth-order valence-electron chi connectivity index (χ4n) is 3.05. The Labute approximate surface area is 141 Å². The molecule has 0 atom stereocenters. The van der Waals surface area contributed by atoms with E-state index in [2.05, 4.69) is 19.1 Å². The molecule has 0 aliphatic rings. The summed E-state index contributed by atoms with van der Waals surface area (Å²) in [5.41, 5.74) is 3.65. The van der Waals surface area contributed by atoms with E-state index in [0.717, 1.165) is 58.8 Å². The minimum absolute atomic E-state index is 0.324. The third-order valence-corrected chi connectivity index (χ3v) is 4.29. The lowest BCUT2D eigenvalue weighted by Gasteiger charge is -2.08. The van der Waals surface area contributed by atoms with E-state index < -0.39 is 0 Å². The second-order valence-electron chi connectivity index (χ2n) is 5.93. The van der Waals surface area contributed by atoms with Crippen molar-refractivity contribution in [2.75, 3.05) is 7.11 Å². The smallest absolute Gasteiger partial charge is 0.330 e. The lowest BCUT2D eigenvalue weighted by atomic mass is 9.97. The first-order chi connectivity index (χ1) is 11.7. The average molecular weight is 322 g/mol. The van der Waals surface area contributed by atoms with Gasteiger partial charge in [0.1, 0.15) is 11.2 Å². The van der Waals surface area contributed by atoms with Gasteiger partial charge in [-0.25, -0.2) is 4.79 Å². The van der Waals surface area contributed by atoms with Gasteiger partial charge < -0.3 is 9.15 Å². The molecule has 24 heavy (non-hydrogen) atoms. The van der Waals surface area contributed by atoms with E-state index >= 15 is 0 Å². The minimum atomic E-state index is -0.324. The molecule has 0 fully saturated rings. The van der Waals surface area contributed by atoms with Gasteiger partial charge in [-0.05, 0) is 24.5 Å². The molecule has 0 aliphatic heterocycles. The maximum Gasteiger partial charge on any atom is 0.330 e. The van der Waals surface area contributed by atoms with Gasteiger partial charge in [0.15, 0.2) is 0 Å². The molecule has 0 N–H and O–H groups in total. The van der Waals surface area contributed by atoms with E-state index in [1.54, 1.807) is 6.08 Å². The van der Waals surface area contributed by atoms with Crippen molar-refractivity contribution in [3.05, 3.63) is 54.1 Å². The summed E-state index contributed by atoms with van der Waals surface area (Å²) in [5, 5.41) is 2.18. The van der Waals surface area contributed by atoms with Crippen LogP contribution < -0.4 is 0 Å². The van der Waals surface area contributed by atoms with Crippen molar-refractivity contribution in [2.45, 2.75) is 32.6 Å². The number of unbranched alkanes of at least 4 members (excludes halogenated alkanes) is 2. The number of methoxy groups -OCH3 is 1. The highest BCUT2D eigenvalue weighted by atomic mass is 16.5. The molecule has 0 saturated heterocycles. The molecule has 124 valence electrons. The number of carbonyl (C=O) groups excluding carboxylic acids is 1. The molecule has 0 spiro atoms. The fraction of sp³-hybridized carbons (Fsp3) is 0.286. The van der Waals surface area contributed by atoms with Gasteiger partial charge >= 0.3 is 5.97 Å². The lowest BCUT2D eigenvalue weighted by Crippen LogP contribution is -1.98. The first kappa shape index (κ1) is 16.3. The highest BCUT2D eigenvalue weighted by Gasteiger charge is 2.14. The number of benzene rings is 2. The first-order valence-corrected chi connectivity index (χ1v) is 8.43. The summed E-state index contributed by atoms with van der Waals surface area (Å²) in [7, 11) is 1.41. The van der Waals surface area contributed by atoms with Gasteiger partial charge in [-0.15, -0.1) is 0 Å². The Morgan fingerprint density at radius 2 is 1.88 bits per heavy atom. The quantitative estimate of drug-likeness (QED) is 0.331. The van der Waals surface area contributed by atoms with E-state index in [1.165, 1.54) is 7.11 Å². The van der Waals surface area contributed by atoms with Gasteiger partial charge in [-0.3, -0.25) is 0 Å². The molecule has 3 heteroatoms. The Morgan fingerprint density at radius 3 is 2.67 bits per heavy atom. The molecule has 3 aromatic rings. The van der Waals surface area contributed by atoms with Crippen molar-refractivity contribution in [3.8, 4) is 0 Å². The molecular weight excluding hydrogens is 300 g/mol. The molecule has 0 saturated carbocycles. The third-order valence-electron chi connectivity index (χ3n) is 4.29. The number of furan rings is 1. The van der Waals surface area contributed by atoms with Crippen LogP contribution in [0.3, 0.4) is 0 Å². The van der Waals surface area contributed by atoms with Crippen LogP contribution in [-0.2, 0) is 9.53 Å². The van der Waals surface area contributed by atoms with E-state index in [1.807, 2.05) is 30.3 Å². The molecule has 0 aliphatic carbocycles. The molecule has 1 aromatic heterocycles. The summed E-state index contributed by atoms with van der Waals surface area (Å²) >= 11 is 0. The van der Waals surface area contributed by atoms with Crippen LogP contribution >= 0.6 is 0 Å². The Bertz CT molecular complexity index is 886. The average Bonchev–Trinajstić information content (AvgIpc) is 2.99. The van der Waals surface area contributed by atoms with Gasteiger partial charge in [-0.1, -0.05) is 56.2 Å². The predicted octanol–water partition coefficient (Wildman–Crippen LogP) is 5.72. The maximum atomic E-state index is 11.8. The highest BCUT2D eigenvalue weighted by Crippen LogP contribution is 2.35. The van der Waals surface area contributed by atoms with Crippen LogP contribution in [0.2, 0.25) is 0 Å². The van der Waals surface area contributed by atoms with E-state index in [9.17, 15) is 4.79 Å². The van der Waals surface area contributed by atoms with Crippen LogP contribution in [-0.4, -0.2) is 13.1 Å². The number of fused-ring (bicyclic) bond motifs is 3. The Balaban J connectivity index is 2.12. The molecule has 0 radical (unpaired) electrons. The van der Waals surface area contributed by atoms with Crippen LogP contribution in [0.4, 0.5) is 0 Å². The summed E-state index contributed by atoms with van der Waals surface area (Å²) in [6, 6.07) is 14.1. The molecule has 0 amide bonds. The van der Waals surface area contributed by atoms with Gasteiger partial charge in [0.25, 0.3) is 0 Å². The van der Waals surface area contributed by atoms with Crippen molar-refractivity contribution in [1.82, 2.24) is 0 Å². The summed E-state index contributed by atoms with van der Waals surface area (Å²) in [6.07, 6.45) is 5.74. The Morgan fingerprint density at radius 1 is 1.08 bits per heavy atom. The van der Waals surface area contributed by atoms with Crippen molar-refractivity contribution >= 4 is 33.5 Å². The van der Waals surface area contributed by atoms with Crippen molar-refractivity contribution in [2.24, 2.45) is 0 Å². The molecule has 0 bridgehead atoms. The lowest BCUT2D eigenvalue weighted by molar-refractivity contribution is -0.134. The molecule has 3 nitrogen and oxygen atoms in total. The van der Waals surface area contributed by atoms with Crippen LogP contribution in [0.15, 0.2) is 53.0 Å².